The van der Waals surface area contributed by atoms with Crippen molar-refractivity contribution >= 4 is 5.71 Å². The van der Waals surface area contributed by atoms with E-state index in [1.807, 2.05) is 65.7 Å². The lowest BCUT2D eigenvalue weighted by molar-refractivity contribution is -0.0205. The zero-order chi connectivity index (χ0) is 21.4. The number of hydrazone groups is 1. The fourth-order valence-corrected chi connectivity index (χ4v) is 4.30. The highest BCUT2D eigenvalue weighted by Gasteiger charge is 2.42. The van der Waals surface area contributed by atoms with Crippen LogP contribution in [0.15, 0.2) is 71.8 Å². The van der Waals surface area contributed by atoms with Crippen LogP contribution in [0.2, 0.25) is 0 Å². The standard InChI is InChI=1S/C25H24N2O4/c1-28-17-13-11-16(12-14-17)20-15-21-18-7-4-5-9-22(18)31-25(27(21)26-20)19-8-6-10-23(29-2)24(19)30-3/h4-14,21,25H,15H2,1-3H3/t21-,25-/m1/s1. The third kappa shape index (κ3) is 3.24. The molecule has 0 amide bonds. The number of rotatable bonds is 5. The van der Waals surface area contributed by atoms with Crippen LogP contribution in [0, 0.1) is 0 Å². The molecule has 6 nitrogen and oxygen atoms in total. The summed E-state index contributed by atoms with van der Waals surface area (Å²) >= 11 is 0. The van der Waals surface area contributed by atoms with E-state index in [0.29, 0.717) is 11.5 Å². The molecule has 0 aliphatic carbocycles. The molecule has 3 aromatic carbocycles. The molecule has 0 aromatic heterocycles. The highest BCUT2D eigenvalue weighted by molar-refractivity contribution is 6.02. The molecule has 0 radical (unpaired) electrons. The van der Waals surface area contributed by atoms with Gasteiger partial charge in [0.2, 0.25) is 6.23 Å². The summed E-state index contributed by atoms with van der Waals surface area (Å²) in [4.78, 5) is 0. The number of nitrogens with zero attached hydrogens (tertiary/aromatic N) is 2. The van der Waals surface area contributed by atoms with Gasteiger partial charge in [-0.15, -0.1) is 0 Å². The van der Waals surface area contributed by atoms with Gasteiger partial charge in [-0.1, -0.05) is 24.3 Å². The van der Waals surface area contributed by atoms with Gasteiger partial charge < -0.3 is 18.9 Å². The molecule has 0 saturated carbocycles. The van der Waals surface area contributed by atoms with Crippen LogP contribution in [0.1, 0.15) is 35.4 Å². The molecule has 0 spiro atoms. The van der Waals surface area contributed by atoms with Crippen molar-refractivity contribution in [2.75, 3.05) is 21.3 Å². The third-order valence-electron chi connectivity index (χ3n) is 5.82. The van der Waals surface area contributed by atoms with Crippen LogP contribution in [-0.4, -0.2) is 32.0 Å². The Morgan fingerprint density at radius 2 is 1.61 bits per heavy atom. The Labute approximate surface area is 181 Å². The maximum Gasteiger partial charge on any atom is 0.217 e. The lowest BCUT2D eigenvalue weighted by Crippen LogP contribution is -2.34. The maximum atomic E-state index is 6.46. The molecule has 3 aromatic rings. The lowest BCUT2D eigenvalue weighted by atomic mass is 9.95. The van der Waals surface area contributed by atoms with E-state index in [9.17, 15) is 0 Å². The van der Waals surface area contributed by atoms with E-state index in [1.54, 1.807) is 21.3 Å². The summed E-state index contributed by atoms with van der Waals surface area (Å²) in [5, 5.41) is 7.05. The van der Waals surface area contributed by atoms with Crippen LogP contribution in [0.5, 0.6) is 23.0 Å². The first kappa shape index (κ1) is 19.3. The quantitative estimate of drug-likeness (QED) is 0.589. The zero-order valence-corrected chi connectivity index (χ0v) is 17.7. The number of hydrogen-bond donors (Lipinski definition) is 0. The molecule has 2 atom stereocenters. The largest absolute Gasteiger partial charge is 0.497 e. The predicted molar refractivity (Wildman–Crippen MR) is 118 cm³/mol. The molecule has 2 aliphatic heterocycles. The number of para-hydroxylation sites is 2. The van der Waals surface area contributed by atoms with E-state index in [0.717, 1.165) is 40.3 Å². The Balaban J connectivity index is 1.60. The molecule has 0 fully saturated rings. The molecule has 0 saturated heterocycles. The summed E-state index contributed by atoms with van der Waals surface area (Å²) in [5.74, 6) is 3.01. The van der Waals surface area contributed by atoms with Crippen molar-refractivity contribution in [2.45, 2.75) is 18.7 Å². The average molecular weight is 416 g/mol. The van der Waals surface area contributed by atoms with E-state index in [2.05, 4.69) is 6.07 Å². The summed E-state index contributed by atoms with van der Waals surface area (Å²) < 4.78 is 23.0. The minimum Gasteiger partial charge on any atom is -0.497 e. The third-order valence-corrected chi connectivity index (χ3v) is 5.82. The Bertz CT molecular complexity index is 1130. The van der Waals surface area contributed by atoms with Crippen molar-refractivity contribution in [3.8, 4) is 23.0 Å². The molecule has 0 unspecified atom stereocenters. The van der Waals surface area contributed by atoms with Crippen molar-refractivity contribution in [1.82, 2.24) is 5.01 Å². The molecule has 31 heavy (non-hydrogen) atoms. The molecule has 5 rings (SSSR count). The normalized spacial score (nSPS) is 19.1. The van der Waals surface area contributed by atoms with E-state index in [-0.39, 0.29) is 6.04 Å². The van der Waals surface area contributed by atoms with Gasteiger partial charge in [-0.3, -0.25) is 0 Å². The molecule has 2 heterocycles. The SMILES string of the molecule is COc1ccc(C2=NN3[C@H](C2)c2ccccc2O[C@@H]3c2cccc(OC)c2OC)cc1. The van der Waals surface area contributed by atoms with Crippen LogP contribution < -0.4 is 18.9 Å². The maximum absolute atomic E-state index is 6.46. The molecule has 2 aliphatic rings. The van der Waals surface area contributed by atoms with Crippen LogP contribution in [-0.2, 0) is 0 Å². The first-order chi connectivity index (χ1) is 15.2. The van der Waals surface area contributed by atoms with Gasteiger partial charge in [-0.25, -0.2) is 5.01 Å². The first-order valence-electron chi connectivity index (χ1n) is 10.2. The summed E-state index contributed by atoms with van der Waals surface area (Å²) in [6.07, 6.45) is 0.357. The van der Waals surface area contributed by atoms with Gasteiger partial charge in [0.05, 0.1) is 38.6 Å². The van der Waals surface area contributed by atoms with Gasteiger partial charge in [0.25, 0.3) is 0 Å². The number of hydrogen-bond acceptors (Lipinski definition) is 6. The van der Waals surface area contributed by atoms with Gasteiger partial charge in [0, 0.05) is 12.0 Å². The van der Waals surface area contributed by atoms with Crippen molar-refractivity contribution in [1.29, 1.82) is 0 Å². The molecule has 0 bridgehead atoms. The van der Waals surface area contributed by atoms with Crippen LogP contribution in [0.25, 0.3) is 0 Å². The molecule has 6 heteroatoms. The topological polar surface area (TPSA) is 52.5 Å². The Hall–Kier alpha value is -3.67. The highest BCUT2D eigenvalue weighted by Crippen LogP contribution is 2.49. The number of methoxy groups -OCH3 is 3. The van der Waals surface area contributed by atoms with Gasteiger partial charge in [0.1, 0.15) is 11.5 Å². The Morgan fingerprint density at radius 1 is 0.839 bits per heavy atom. The number of benzene rings is 3. The molecular weight excluding hydrogens is 392 g/mol. The van der Waals surface area contributed by atoms with Gasteiger partial charge in [0.15, 0.2) is 11.5 Å². The molecule has 158 valence electrons. The Kier molecular flexibility index (Phi) is 4.90. The second-order valence-corrected chi connectivity index (χ2v) is 7.47. The zero-order valence-electron chi connectivity index (χ0n) is 17.7. The van der Waals surface area contributed by atoms with E-state index in [1.165, 1.54) is 0 Å². The van der Waals surface area contributed by atoms with Crippen LogP contribution in [0.3, 0.4) is 0 Å². The smallest absolute Gasteiger partial charge is 0.217 e. The van der Waals surface area contributed by atoms with Crippen molar-refractivity contribution in [3.05, 3.63) is 83.4 Å². The predicted octanol–water partition coefficient (Wildman–Crippen LogP) is 4.95. The fraction of sp³-hybridized carbons (Fsp3) is 0.240. The fourth-order valence-electron chi connectivity index (χ4n) is 4.30. The summed E-state index contributed by atoms with van der Waals surface area (Å²) in [6.45, 7) is 0. The van der Waals surface area contributed by atoms with Gasteiger partial charge >= 0.3 is 0 Å². The van der Waals surface area contributed by atoms with Crippen LogP contribution >= 0.6 is 0 Å². The molecular formula is C25H24N2O4. The van der Waals surface area contributed by atoms with Crippen LogP contribution in [0.4, 0.5) is 0 Å². The lowest BCUT2D eigenvalue weighted by Gasteiger charge is -2.38. The summed E-state index contributed by atoms with van der Waals surface area (Å²) in [5.41, 5.74) is 4.10. The second kappa shape index (κ2) is 7.87. The minimum absolute atomic E-state index is 0.0722. The highest BCUT2D eigenvalue weighted by atomic mass is 16.5. The van der Waals surface area contributed by atoms with Crippen molar-refractivity contribution in [2.24, 2.45) is 5.10 Å². The number of ether oxygens (including phenoxy) is 4. The van der Waals surface area contributed by atoms with E-state index in [4.69, 9.17) is 24.0 Å². The van der Waals surface area contributed by atoms with Crippen molar-refractivity contribution < 1.29 is 18.9 Å². The monoisotopic (exact) mass is 416 g/mol. The molecule has 0 N–H and O–H groups in total. The average Bonchev–Trinajstić information content (AvgIpc) is 3.29. The van der Waals surface area contributed by atoms with Crippen molar-refractivity contribution in [3.63, 3.8) is 0 Å². The van der Waals surface area contributed by atoms with E-state index >= 15 is 0 Å². The summed E-state index contributed by atoms with van der Waals surface area (Å²) in [7, 11) is 4.95. The van der Waals surface area contributed by atoms with Gasteiger partial charge in [-0.2, -0.15) is 5.10 Å². The second-order valence-electron chi connectivity index (χ2n) is 7.47. The Morgan fingerprint density at radius 3 is 2.35 bits per heavy atom. The summed E-state index contributed by atoms with van der Waals surface area (Å²) in [6, 6.07) is 22.1. The number of fused-ring (bicyclic) bond motifs is 3. The minimum atomic E-state index is -0.430. The first-order valence-corrected chi connectivity index (χ1v) is 10.2. The van der Waals surface area contributed by atoms with E-state index < -0.39 is 6.23 Å². The van der Waals surface area contributed by atoms with Gasteiger partial charge in [-0.05, 0) is 48.0 Å².